The summed E-state index contributed by atoms with van der Waals surface area (Å²) in [5.74, 6) is -0.839. The minimum atomic E-state index is -0.644. The molecule has 2 amide bonds. The quantitative estimate of drug-likeness (QED) is 0.762. The van der Waals surface area contributed by atoms with Gasteiger partial charge in [0, 0.05) is 18.9 Å². The molecular formula is C16H20N2O5. The zero-order chi connectivity index (χ0) is 16.7. The highest BCUT2D eigenvalue weighted by Crippen LogP contribution is 2.20. The lowest BCUT2D eigenvalue weighted by atomic mass is 9.97. The Hall–Kier alpha value is -2.57. The van der Waals surface area contributed by atoms with Crippen LogP contribution in [0.4, 0.5) is 4.79 Å². The average Bonchev–Trinajstić information content (AvgIpc) is 2.94. The Morgan fingerprint density at radius 3 is 2.74 bits per heavy atom. The van der Waals surface area contributed by atoms with E-state index >= 15 is 0 Å². The Kier molecular flexibility index (Phi) is 5.96. The molecule has 1 heterocycles. The third-order valence-corrected chi connectivity index (χ3v) is 3.69. The molecule has 0 spiro atoms. The number of rotatable bonds is 6. The van der Waals surface area contributed by atoms with Crippen LogP contribution in [-0.2, 0) is 25.7 Å². The minimum Gasteiger partial charge on any atom is -0.467 e. The first kappa shape index (κ1) is 16.8. The van der Waals surface area contributed by atoms with Gasteiger partial charge in [-0.15, -0.1) is 0 Å². The fraction of sp³-hybridized carbons (Fsp3) is 0.438. The summed E-state index contributed by atoms with van der Waals surface area (Å²) >= 11 is 0. The summed E-state index contributed by atoms with van der Waals surface area (Å²) in [5, 5.41) is 5.20. The lowest BCUT2D eigenvalue weighted by Gasteiger charge is -2.16. The van der Waals surface area contributed by atoms with Gasteiger partial charge in [0.1, 0.15) is 12.6 Å². The van der Waals surface area contributed by atoms with Crippen LogP contribution in [0.2, 0.25) is 0 Å². The van der Waals surface area contributed by atoms with E-state index < -0.39 is 18.1 Å². The molecule has 0 unspecified atom stereocenters. The van der Waals surface area contributed by atoms with Gasteiger partial charge in [0.05, 0.1) is 7.11 Å². The van der Waals surface area contributed by atoms with Crippen LogP contribution in [-0.4, -0.2) is 37.7 Å². The van der Waals surface area contributed by atoms with Gasteiger partial charge in [0.2, 0.25) is 5.91 Å². The van der Waals surface area contributed by atoms with Gasteiger partial charge >= 0.3 is 12.1 Å². The second-order valence-corrected chi connectivity index (χ2v) is 5.31. The van der Waals surface area contributed by atoms with Gasteiger partial charge in [0.25, 0.3) is 0 Å². The Morgan fingerprint density at radius 1 is 1.30 bits per heavy atom. The van der Waals surface area contributed by atoms with E-state index in [1.807, 2.05) is 30.3 Å². The van der Waals surface area contributed by atoms with Gasteiger partial charge in [-0.05, 0) is 12.0 Å². The van der Waals surface area contributed by atoms with Crippen molar-refractivity contribution in [3.63, 3.8) is 0 Å². The number of ether oxygens (including phenoxy) is 2. The fourth-order valence-electron chi connectivity index (χ4n) is 2.49. The molecule has 0 saturated carbocycles. The van der Waals surface area contributed by atoms with E-state index in [2.05, 4.69) is 15.4 Å². The molecule has 1 aromatic carbocycles. The first-order valence-electron chi connectivity index (χ1n) is 7.42. The van der Waals surface area contributed by atoms with Gasteiger partial charge in [-0.25, -0.2) is 9.59 Å². The van der Waals surface area contributed by atoms with E-state index in [4.69, 9.17) is 4.74 Å². The Labute approximate surface area is 134 Å². The smallest absolute Gasteiger partial charge is 0.407 e. The van der Waals surface area contributed by atoms with Crippen LogP contribution in [0.3, 0.4) is 0 Å². The van der Waals surface area contributed by atoms with Crippen molar-refractivity contribution >= 4 is 18.0 Å². The highest BCUT2D eigenvalue weighted by atomic mass is 16.5. The highest BCUT2D eigenvalue weighted by Gasteiger charge is 2.37. The summed E-state index contributed by atoms with van der Waals surface area (Å²) < 4.78 is 9.75. The number of carbonyl (C=O) groups is 3. The molecule has 2 N–H and O–H groups in total. The molecule has 1 aliphatic heterocycles. The number of amides is 2. The number of carbonyl (C=O) groups excluding carboxylic acids is 3. The highest BCUT2D eigenvalue weighted by molar-refractivity contribution is 5.88. The minimum absolute atomic E-state index is 0.183. The maximum Gasteiger partial charge on any atom is 0.407 e. The van der Waals surface area contributed by atoms with Crippen LogP contribution < -0.4 is 10.6 Å². The predicted molar refractivity (Wildman–Crippen MR) is 81.3 cm³/mol. The van der Waals surface area contributed by atoms with Crippen LogP contribution in [0, 0.1) is 5.92 Å². The Balaban J connectivity index is 1.70. The Bertz CT molecular complexity index is 561. The molecule has 1 aromatic rings. The third kappa shape index (κ3) is 4.98. The molecule has 7 heteroatoms. The topological polar surface area (TPSA) is 93.7 Å². The van der Waals surface area contributed by atoms with Gasteiger partial charge in [-0.3, -0.25) is 4.79 Å². The monoisotopic (exact) mass is 320 g/mol. The van der Waals surface area contributed by atoms with Crippen molar-refractivity contribution in [3.8, 4) is 0 Å². The molecule has 0 aromatic heterocycles. The number of benzene rings is 1. The molecule has 7 nitrogen and oxygen atoms in total. The summed E-state index contributed by atoms with van der Waals surface area (Å²) in [6.45, 7) is 0.516. The molecule has 1 fully saturated rings. The van der Waals surface area contributed by atoms with E-state index in [0.717, 1.165) is 5.56 Å². The fourth-order valence-corrected chi connectivity index (χ4v) is 2.49. The van der Waals surface area contributed by atoms with Crippen LogP contribution in [0.1, 0.15) is 18.4 Å². The zero-order valence-electron chi connectivity index (χ0n) is 12.9. The number of nitrogens with one attached hydrogen (secondary N) is 2. The van der Waals surface area contributed by atoms with E-state index in [1.165, 1.54) is 7.11 Å². The van der Waals surface area contributed by atoms with Crippen LogP contribution in [0.15, 0.2) is 30.3 Å². The summed E-state index contributed by atoms with van der Waals surface area (Å²) in [6, 6.07) is 8.71. The molecule has 124 valence electrons. The van der Waals surface area contributed by atoms with Crippen LogP contribution >= 0.6 is 0 Å². The van der Waals surface area contributed by atoms with E-state index in [9.17, 15) is 14.4 Å². The van der Waals surface area contributed by atoms with Gasteiger partial charge < -0.3 is 20.1 Å². The second kappa shape index (κ2) is 8.17. The predicted octanol–water partition coefficient (Wildman–Crippen LogP) is 0.981. The number of hydrogen-bond acceptors (Lipinski definition) is 5. The normalized spacial score (nSPS) is 19.8. The van der Waals surface area contributed by atoms with Crippen molar-refractivity contribution in [3.05, 3.63) is 35.9 Å². The first-order valence-corrected chi connectivity index (χ1v) is 7.42. The van der Waals surface area contributed by atoms with Crippen LogP contribution in [0.25, 0.3) is 0 Å². The van der Waals surface area contributed by atoms with Crippen molar-refractivity contribution in [2.75, 3.05) is 13.7 Å². The van der Waals surface area contributed by atoms with Crippen molar-refractivity contribution in [2.45, 2.75) is 25.5 Å². The molecule has 0 aliphatic carbocycles. The zero-order valence-corrected chi connectivity index (χ0v) is 12.9. The molecule has 0 radical (unpaired) electrons. The standard InChI is InChI=1S/C16H20N2O5/c1-22-15(20)14-12(9-13(19)18-14)7-8-17-16(21)23-10-11-5-3-2-4-6-11/h2-6,12,14H,7-10H2,1H3,(H,17,21)(H,18,19)/t12-,14-/m0/s1. The average molecular weight is 320 g/mol. The lowest BCUT2D eigenvalue weighted by molar-refractivity contribution is -0.144. The van der Waals surface area contributed by atoms with E-state index in [1.54, 1.807) is 0 Å². The lowest BCUT2D eigenvalue weighted by Crippen LogP contribution is -2.39. The van der Waals surface area contributed by atoms with E-state index in [0.29, 0.717) is 13.0 Å². The molecule has 1 saturated heterocycles. The third-order valence-electron chi connectivity index (χ3n) is 3.69. The maximum atomic E-state index is 11.6. The van der Waals surface area contributed by atoms with Crippen molar-refractivity contribution in [1.29, 1.82) is 0 Å². The van der Waals surface area contributed by atoms with E-state index in [-0.39, 0.29) is 24.9 Å². The summed E-state index contributed by atoms with van der Waals surface area (Å²) in [6.07, 6.45) is 0.208. The summed E-state index contributed by atoms with van der Waals surface area (Å²) in [5.41, 5.74) is 0.902. The molecule has 2 rings (SSSR count). The molecule has 0 bridgehead atoms. The number of esters is 1. The summed E-state index contributed by atoms with van der Waals surface area (Å²) in [7, 11) is 1.28. The van der Waals surface area contributed by atoms with Crippen molar-refractivity contribution in [1.82, 2.24) is 10.6 Å². The molecular weight excluding hydrogens is 300 g/mol. The largest absolute Gasteiger partial charge is 0.467 e. The number of methoxy groups -OCH3 is 1. The molecule has 23 heavy (non-hydrogen) atoms. The number of hydrogen-bond donors (Lipinski definition) is 2. The molecule has 2 atom stereocenters. The second-order valence-electron chi connectivity index (χ2n) is 5.31. The maximum absolute atomic E-state index is 11.6. The van der Waals surface area contributed by atoms with Gasteiger partial charge in [0.15, 0.2) is 0 Å². The Morgan fingerprint density at radius 2 is 2.04 bits per heavy atom. The summed E-state index contributed by atoms with van der Waals surface area (Å²) in [4.78, 5) is 34.6. The van der Waals surface area contributed by atoms with Crippen LogP contribution in [0.5, 0.6) is 0 Å². The number of alkyl carbamates (subject to hydrolysis) is 1. The first-order chi connectivity index (χ1) is 11.1. The van der Waals surface area contributed by atoms with Gasteiger partial charge in [-0.1, -0.05) is 30.3 Å². The van der Waals surface area contributed by atoms with Crippen molar-refractivity contribution in [2.24, 2.45) is 5.92 Å². The SMILES string of the molecule is COC(=O)[C@H]1NC(=O)C[C@@H]1CCNC(=O)OCc1ccccc1. The van der Waals surface area contributed by atoms with Crippen molar-refractivity contribution < 1.29 is 23.9 Å². The van der Waals surface area contributed by atoms with Gasteiger partial charge in [-0.2, -0.15) is 0 Å². The molecule has 1 aliphatic rings.